The van der Waals surface area contributed by atoms with Crippen LogP contribution >= 0.6 is 0 Å². The SMILES string of the molecule is C=C(C)COS(=O)(=O)c1cccc2cc3ccccc3cc12.[H-].[Rb+]. The average Bonchev–Trinajstić information content (AvgIpc) is 2.50. The summed E-state index contributed by atoms with van der Waals surface area (Å²) in [6.07, 6.45) is 0. The second-order valence-electron chi connectivity index (χ2n) is 5.35. The number of hydrogen-bond acceptors (Lipinski definition) is 3. The standard InChI is InChI=1S/C18H16O3S.Rb.H/c1-13(2)12-21-22(19,20)18-9-5-8-16-10-14-6-3-4-7-15(14)11-17(16)18;;/h3-11H,1,12H2,2H3;;/q;+1;-1. The molecule has 0 heterocycles. The van der Waals surface area contributed by atoms with Gasteiger partial charge in [0.25, 0.3) is 10.1 Å². The second-order valence-corrected chi connectivity index (χ2v) is 6.93. The van der Waals surface area contributed by atoms with Crippen molar-refractivity contribution in [2.75, 3.05) is 6.61 Å². The molecular weight excluding hydrogens is 382 g/mol. The summed E-state index contributed by atoms with van der Waals surface area (Å²) in [5.74, 6) is 0. The van der Waals surface area contributed by atoms with Gasteiger partial charge < -0.3 is 1.43 Å². The van der Waals surface area contributed by atoms with Crippen LogP contribution in [0.25, 0.3) is 21.5 Å². The van der Waals surface area contributed by atoms with E-state index in [9.17, 15) is 8.42 Å². The molecule has 0 bridgehead atoms. The van der Waals surface area contributed by atoms with Gasteiger partial charge in [-0.3, -0.25) is 4.18 Å². The number of fused-ring (bicyclic) bond motifs is 2. The first-order valence-electron chi connectivity index (χ1n) is 6.93. The van der Waals surface area contributed by atoms with E-state index < -0.39 is 10.1 Å². The predicted molar refractivity (Wildman–Crippen MR) is 90.5 cm³/mol. The fourth-order valence-corrected chi connectivity index (χ4v) is 3.57. The molecule has 3 aromatic rings. The second kappa shape index (κ2) is 7.68. The van der Waals surface area contributed by atoms with Crippen molar-refractivity contribution in [1.29, 1.82) is 0 Å². The zero-order chi connectivity index (χ0) is 15.7. The van der Waals surface area contributed by atoms with Crippen molar-refractivity contribution in [2.24, 2.45) is 0 Å². The van der Waals surface area contributed by atoms with Crippen molar-refractivity contribution >= 4 is 31.7 Å². The van der Waals surface area contributed by atoms with Crippen LogP contribution in [0, 0.1) is 0 Å². The van der Waals surface area contributed by atoms with Crippen molar-refractivity contribution < 1.29 is 72.2 Å². The molecule has 5 heteroatoms. The molecule has 3 rings (SSSR count). The van der Waals surface area contributed by atoms with E-state index in [1.165, 1.54) is 0 Å². The van der Waals surface area contributed by atoms with E-state index in [0.717, 1.165) is 16.2 Å². The molecule has 0 fully saturated rings. The van der Waals surface area contributed by atoms with Gasteiger partial charge in [0.05, 0.1) is 6.61 Å². The fourth-order valence-electron chi connectivity index (χ4n) is 2.40. The molecule has 0 N–H and O–H groups in total. The van der Waals surface area contributed by atoms with Gasteiger partial charge in [0.15, 0.2) is 0 Å². The van der Waals surface area contributed by atoms with E-state index in [-0.39, 0.29) is 71.1 Å². The normalized spacial score (nSPS) is 11.3. The molecule has 0 saturated heterocycles. The first-order chi connectivity index (χ1) is 10.5. The van der Waals surface area contributed by atoms with Crippen LogP contribution in [0.5, 0.6) is 0 Å². The quantitative estimate of drug-likeness (QED) is 0.379. The molecule has 0 aromatic heterocycles. The predicted octanol–water partition coefficient (Wildman–Crippen LogP) is 1.39. The van der Waals surface area contributed by atoms with Gasteiger partial charge in [-0.25, -0.2) is 0 Å². The largest absolute Gasteiger partial charge is 1.00 e. The maximum Gasteiger partial charge on any atom is 1.00 e. The first-order valence-corrected chi connectivity index (χ1v) is 8.33. The Morgan fingerprint density at radius 1 is 1.04 bits per heavy atom. The topological polar surface area (TPSA) is 43.4 Å². The van der Waals surface area contributed by atoms with Crippen LogP contribution in [0.4, 0.5) is 0 Å². The Labute approximate surface area is 186 Å². The van der Waals surface area contributed by atoms with Gasteiger partial charge >= 0.3 is 58.2 Å². The number of hydrogen-bond donors (Lipinski definition) is 0. The third kappa shape index (κ3) is 4.19. The molecule has 0 aliphatic carbocycles. The molecule has 0 spiro atoms. The Morgan fingerprint density at radius 2 is 1.65 bits per heavy atom. The van der Waals surface area contributed by atoms with Crippen LogP contribution in [0.1, 0.15) is 8.35 Å². The Hall–Kier alpha value is -0.365. The zero-order valence-electron chi connectivity index (χ0n) is 14.2. The Balaban J connectivity index is 0.00000144. The van der Waals surface area contributed by atoms with E-state index in [0.29, 0.717) is 11.0 Å². The monoisotopic (exact) mass is 398 g/mol. The summed E-state index contributed by atoms with van der Waals surface area (Å²) in [7, 11) is -3.81. The van der Waals surface area contributed by atoms with E-state index >= 15 is 0 Å². The molecule has 0 saturated carbocycles. The van der Waals surface area contributed by atoms with Gasteiger partial charge in [0.1, 0.15) is 4.90 Å². The minimum Gasteiger partial charge on any atom is -1.00 e. The molecule has 0 atom stereocenters. The fraction of sp³-hybridized carbons (Fsp3) is 0.111. The Morgan fingerprint density at radius 3 is 2.30 bits per heavy atom. The molecule has 23 heavy (non-hydrogen) atoms. The van der Waals surface area contributed by atoms with Crippen molar-refractivity contribution in [3.05, 3.63) is 66.7 Å². The minimum atomic E-state index is -3.81. The maximum atomic E-state index is 12.4. The minimum absolute atomic E-state index is 0. The van der Waals surface area contributed by atoms with Crippen LogP contribution in [0.2, 0.25) is 0 Å². The molecular formula is C18H17O3RbS. The van der Waals surface area contributed by atoms with Gasteiger partial charge in [-0.05, 0) is 41.3 Å². The van der Waals surface area contributed by atoms with E-state index in [4.69, 9.17) is 4.18 Å². The summed E-state index contributed by atoms with van der Waals surface area (Å²) < 4.78 is 29.9. The molecule has 114 valence electrons. The van der Waals surface area contributed by atoms with Crippen LogP contribution in [-0.4, -0.2) is 15.0 Å². The first kappa shape index (κ1) is 19.0. The summed E-state index contributed by atoms with van der Waals surface area (Å²) in [5.41, 5.74) is 0.661. The summed E-state index contributed by atoms with van der Waals surface area (Å²) in [5, 5.41) is 3.62. The van der Waals surface area contributed by atoms with Gasteiger partial charge in [-0.1, -0.05) is 48.6 Å². The van der Waals surface area contributed by atoms with Crippen LogP contribution < -0.4 is 58.2 Å². The van der Waals surface area contributed by atoms with Crippen LogP contribution in [-0.2, 0) is 14.3 Å². The van der Waals surface area contributed by atoms with Gasteiger partial charge in [-0.2, -0.15) is 8.42 Å². The van der Waals surface area contributed by atoms with Gasteiger partial charge in [0, 0.05) is 5.39 Å². The number of benzene rings is 3. The Bertz CT molecular complexity index is 984. The summed E-state index contributed by atoms with van der Waals surface area (Å²) >= 11 is 0. The van der Waals surface area contributed by atoms with E-state index in [1.807, 2.05) is 42.5 Å². The van der Waals surface area contributed by atoms with Crippen LogP contribution in [0.3, 0.4) is 0 Å². The third-order valence-electron chi connectivity index (χ3n) is 3.44. The molecule has 0 radical (unpaired) electrons. The van der Waals surface area contributed by atoms with Crippen molar-refractivity contribution in [1.82, 2.24) is 0 Å². The molecule has 0 aliphatic heterocycles. The average molecular weight is 399 g/mol. The molecule has 3 aromatic carbocycles. The van der Waals surface area contributed by atoms with E-state index in [2.05, 4.69) is 6.58 Å². The molecule has 3 nitrogen and oxygen atoms in total. The van der Waals surface area contributed by atoms with Gasteiger partial charge in [-0.15, -0.1) is 0 Å². The number of rotatable bonds is 4. The van der Waals surface area contributed by atoms with E-state index in [1.54, 1.807) is 19.1 Å². The van der Waals surface area contributed by atoms with Gasteiger partial charge in [0.2, 0.25) is 0 Å². The summed E-state index contributed by atoms with van der Waals surface area (Å²) in [6, 6.07) is 17.0. The Kier molecular flexibility index (Phi) is 6.33. The third-order valence-corrected chi connectivity index (χ3v) is 4.76. The smallest absolute Gasteiger partial charge is 1.00 e. The summed E-state index contributed by atoms with van der Waals surface area (Å²) in [4.78, 5) is 0.192. The van der Waals surface area contributed by atoms with Crippen molar-refractivity contribution in [2.45, 2.75) is 11.8 Å². The summed E-state index contributed by atoms with van der Waals surface area (Å²) in [6.45, 7) is 5.39. The maximum absolute atomic E-state index is 12.4. The molecule has 0 amide bonds. The molecule has 0 unspecified atom stereocenters. The van der Waals surface area contributed by atoms with Crippen molar-refractivity contribution in [3.8, 4) is 0 Å². The van der Waals surface area contributed by atoms with Crippen molar-refractivity contribution in [3.63, 3.8) is 0 Å². The zero-order valence-corrected chi connectivity index (χ0v) is 19.0. The molecule has 0 aliphatic rings. The van der Waals surface area contributed by atoms with Crippen LogP contribution in [0.15, 0.2) is 71.6 Å².